The molecule has 0 aliphatic carbocycles. The van der Waals surface area contributed by atoms with E-state index in [1.165, 1.54) is 13.0 Å². The van der Waals surface area contributed by atoms with Crippen LogP contribution >= 0.6 is 0 Å². The molecule has 2 aliphatic heterocycles. The first-order chi connectivity index (χ1) is 12.9. The number of benzene rings is 1. The van der Waals surface area contributed by atoms with Gasteiger partial charge in [-0.25, -0.2) is 9.18 Å². The highest BCUT2D eigenvalue weighted by molar-refractivity contribution is 5.93. The predicted molar refractivity (Wildman–Crippen MR) is 92.4 cm³/mol. The van der Waals surface area contributed by atoms with E-state index in [2.05, 4.69) is 5.32 Å². The normalized spacial score (nSPS) is 19.8. The summed E-state index contributed by atoms with van der Waals surface area (Å²) in [6.07, 6.45) is -1.44. The summed E-state index contributed by atoms with van der Waals surface area (Å²) in [6.45, 7) is 3.12. The average Bonchev–Trinajstić information content (AvgIpc) is 3.01. The fourth-order valence-electron chi connectivity index (χ4n) is 3.03. The average molecular weight is 382 g/mol. The number of amides is 2. The summed E-state index contributed by atoms with van der Waals surface area (Å²) >= 11 is 0. The first-order valence-corrected chi connectivity index (χ1v) is 8.40. The van der Waals surface area contributed by atoms with E-state index in [4.69, 9.17) is 9.47 Å². The molecule has 0 aromatic heterocycles. The summed E-state index contributed by atoms with van der Waals surface area (Å²) in [5.41, 5.74) is -0.406. The number of nitro groups is 1. The predicted octanol–water partition coefficient (Wildman–Crippen LogP) is 1.03. The molecular weight excluding hydrogens is 363 g/mol. The Balaban J connectivity index is 1.91. The topological polar surface area (TPSA) is 114 Å². The molecule has 2 amide bonds. The second-order valence-corrected chi connectivity index (χ2v) is 6.20. The largest absolute Gasteiger partial charge is 0.442 e. The summed E-state index contributed by atoms with van der Waals surface area (Å²) in [6, 6.07) is 2.11. The van der Waals surface area contributed by atoms with E-state index in [0.29, 0.717) is 26.3 Å². The number of hydrogen-bond acceptors (Lipinski definition) is 7. The number of nitrogens with one attached hydrogen (secondary N) is 1. The molecule has 11 heteroatoms. The zero-order chi connectivity index (χ0) is 19.6. The van der Waals surface area contributed by atoms with Gasteiger partial charge in [-0.2, -0.15) is 0 Å². The van der Waals surface area contributed by atoms with Gasteiger partial charge in [0.25, 0.3) is 5.69 Å². The maximum Gasteiger partial charge on any atom is 0.415 e. The monoisotopic (exact) mass is 382 g/mol. The van der Waals surface area contributed by atoms with Gasteiger partial charge < -0.3 is 19.7 Å². The number of nitro benzene ring substituents is 1. The summed E-state index contributed by atoms with van der Waals surface area (Å²) in [5, 5.41) is 13.9. The number of cyclic esters (lactones) is 1. The summed E-state index contributed by atoms with van der Waals surface area (Å²) in [7, 11) is 0. The smallest absolute Gasteiger partial charge is 0.415 e. The number of hydrogen-bond donors (Lipinski definition) is 1. The molecule has 2 aliphatic rings. The number of carbonyl (C=O) groups excluding carboxylic acids is 2. The Hall–Kier alpha value is -2.95. The quantitative estimate of drug-likeness (QED) is 0.597. The minimum atomic E-state index is -0.784. The van der Waals surface area contributed by atoms with Crippen LogP contribution in [0.1, 0.15) is 6.92 Å². The van der Waals surface area contributed by atoms with Gasteiger partial charge >= 0.3 is 6.09 Å². The SMILES string of the molecule is CC(=O)NC[C@H]1CN(c2cc(N3CCOCC3)c(F)cc2[N+](=O)[O-])C(=O)O1. The number of carbonyl (C=O) groups is 2. The van der Waals surface area contributed by atoms with Crippen molar-refractivity contribution < 1.29 is 28.4 Å². The van der Waals surface area contributed by atoms with E-state index in [-0.39, 0.29) is 30.4 Å². The van der Waals surface area contributed by atoms with Crippen LogP contribution in [0.3, 0.4) is 0 Å². The van der Waals surface area contributed by atoms with E-state index in [1.807, 2.05) is 0 Å². The Morgan fingerprint density at radius 3 is 2.70 bits per heavy atom. The Bertz CT molecular complexity index is 768. The Kier molecular flexibility index (Phi) is 5.40. The maximum absolute atomic E-state index is 14.5. The van der Waals surface area contributed by atoms with Gasteiger partial charge in [-0.15, -0.1) is 0 Å². The molecule has 2 saturated heterocycles. The second kappa shape index (κ2) is 7.74. The summed E-state index contributed by atoms with van der Waals surface area (Å²) in [4.78, 5) is 36.7. The fourth-order valence-corrected chi connectivity index (χ4v) is 3.03. The van der Waals surface area contributed by atoms with Crippen molar-refractivity contribution in [1.29, 1.82) is 0 Å². The van der Waals surface area contributed by atoms with E-state index in [9.17, 15) is 24.1 Å². The maximum atomic E-state index is 14.5. The van der Waals surface area contributed by atoms with E-state index < -0.39 is 28.6 Å². The zero-order valence-electron chi connectivity index (χ0n) is 14.6. The molecule has 10 nitrogen and oxygen atoms in total. The van der Waals surface area contributed by atoms with Crippen molar-refractivity contribution >= 4 is 29.1 Å². The minimum absolute atomic E-state index is 0.00807. The van der Waals surface area contributed by atoms with Crippen molar-refractivity contribution in [3.05, 3.63) is 28.1 Å². The van der Waals surface area contributed by atoms with Crippen LogP contribution in [0.4, 0.5) is 26.2 Å². The van der Waals surface area contributed by atoms with Gasteiger partial charge in [0, 0.05) is 20.0 Å². The van der Waals surface area contributed by atoms with Crippen LogP contribution in [0.5, 0.6) is 0 Å². The van der Waals surface area contributed by atoms with Gasteiger partial charge in [0.1, 0.15) is 11.8 Å². The molecule has 0 unspecified atom stereocenters. The minimum Gasteiger partial charge on any atom is -0.442 e. The molecule has 27 heavy (non-hydrogen) atoms. The Morgan fingerprint density at radius 1 is 1.37 bits per heavy atom. The van der Waals surface area contributed by atoms with Gasteiger partial charge in [0.15, 0.2) is 5.82 Å². The zero-order valence-corrected chi connectivity index (χ0v) is 14.6. The van der Waals surface area contributed by atoms with Crippen molar-refractivity contribution in [2.24, 2.45) is 0 Å². The lowest BCUT2D eigenvalue weighted by atomic mass is 10.1. The number of nitrogens with zero attached hydrogens (tertiary/aromatic N) is 3. The van der Waals surface area contributed by atoms with Crippen molar-refractivity contribution in [1.82, 2.24) is 5.32 Å². The van der Waals surface area contributed by atoms with Crippen molar-refractivity contribution in [2.45, 2.75) is 13.0 Å². The van der Waals surface area contributed by atoms with Gasteiger partial charge in [-0.3, -0.25) is 19.8 Å². The highest BCUT2D eigenvalue weighted by Crippen LogP contribution is 2.37. The van der Waals surface area contributed by atoms with Gasteiger partial charge in [0.05, 0.1) is 43.0 Å². The molecule has 146 valence electrons. The fraction of sp³-hybridized carbons (Fsp3) is 0.500. The molecule has 1 aromatic carbocycles. The van der Waals surface area contributed by atoms with Crippen LogP contribution in [0, 0.1) is 15.9 Å². The Morgan fingerprint density at radius 2 is 2.07 bits per heavy atom. The van der Waals surface area contributed by atoms with Crippen LogP contribution in [0.2, 0.25) is 0 Å². The van der Waals surface area contributed by atoms with Crippen LogP contribution in [0.25, 0.3) is 0 Å². The molecule has 1 aromatic rings. The molecule has 0 spiro atoms. The summed E-state index contributed by atoms with van der Waals surface area (Å²) in [5.74, 6) is -1.03. The number of ether oxygens (including phenoxy) is 2. The first kappa shape index (κ1) is 18.8. The van der Waals surface area contributed by atoms with Crippen molar-refractivity contribution in [3.63, 3.8) is 0 Å². The van der Waals surface area contributed by atoms with E-state index in [1.54, 1.807) is 4.90 Å². The third-order valence-electron chi connectivity index (χ3n) is 4.34. The lowest BCUT2D eigenvalue weighted by Crippen LogP contribution is -2.37. The number of rotatable bonds is 5. The first-order valence-electron chi connectivity index (χ1n) is 8.40. The molecule has 1 atom stereocenters. The third-order valence-corrected chi connectivity index (χ3v) is 4.34. The van der Waals surface area contributed by atoms with E-state index >= 15 is 0 Å². The number of morpholine rings is 1. The highest BCUT2D eigenvalue weighted by Gasteiger charge is 2.37. The molecular formula is C16H19FN4O6. The number of anilines is 2. The molecule has 0 bridgehead atoms. The molecule has 3 rings (SSSR count). The molecule has 2 heterocycles. The number of halogens is 1. The Labute approximate surface area is 154 Å². The second-order valence-electron chi connectivity index (χ2n) is 6.20. The van der Waals surface area contributed by atoms with Crippen LogP contribution in [-0.4, -0.2) is 62.4 Å². The summed E-state index contributed by atoms with van der Waals surface area (Å²) < 4.78 is 24.9. The van der Waals surface area contributed by atoms with Crippen LogP contribution in [-0.2, 0) is 14.3 Å². The third kappa shape index (κ3) is 4.08. The van der Waals surface area contributed by atoms with Crippen LogP contribution < -0.4 is 15.1 Å². The molecule has 2 fully saturated rings. The standard InChI is InChI=1S/C16H19FN4O6/c1-10(22)18-8-11-9-20(16(23)27-11)14-7-13(19-2-4-26-5-3-19)12(17)6-15(14)21(24)25/h6-7,11H,2-5,8-9H2,1H3,(H,18,22)/t11-/m0/s1. The van der Waals surface area contributed by atoms with Crippen molar-refractivity contribution in [3.8, 4) is 0 Å². The highest BCUT2D eigenvalue weighted by atomic mass is 19.1. The lowest BCUT2D eigenvalue weighted by molar-refractivity contribution is -0.384. The van der Waals surface area contributed by atoms with Crippen LogP contribution in [0.15, 0.2) is 12.1 Å². The molecule has 1 N–H and O–H groups in total. The van der Waals surface area contributed by atoms with Crippen molar-refractivity contribution in [2.75, 3.05) is 49.2 Å². The van der Waals surface area contributed by atoms with Gasteiger partial charge in [-0.1, -0.05) is 0 Å². The van der Waals surface area contributed by atoms with E-state index in [0.717, 1.165) is 11.0 Å². The molecule has 0 radical (unpaired) electrons. The van der Waals surface area contributed by atoms with Gasteiger partial charge in [-0.05, 0) is 6.07 Å². The van der Waals surface area contributed by atoms with Gasteiger partial charge in [0.2, 0.25) is 5.91 Å². The lowest BCUT2D eigenvalue weighted by Gasteiger charge is -2.29. The molecule has 0 saturated carbocycles.